The number of thiophene rings is 1. The van der Waals surface area contributed by atoms with E-state index in [-0.39, 0.29) is 5.91 Å². The molecule has 1 amide bonds. The monoisotopic (exact) mass is 208 g/mol. The van der Waals surface area contributed by atoms with Gasteiger partial charge >= 0.3 is 0 Å². The zero-order chi connectivity index (χ0) is 9.97. The van der Waals surface area contributed by atoms with E-state index in [0.29, 0.717) is 5.69 Å². The third-order valence-corrected chi connectivity index (χ3v) is 2.87. The summed E-state index contributed by atoms with van der Waals surface area (Å²) in [5.74, 6) is -0.0183. The number of carbonyl (C=O) groups excluding carboxylic acids is 1. The summed E-state index contributed by atoms with van der Waals surface area (Å²) < 4.78 is 0. The lowest BCUT2D eigenvalue weighted by Crippen LogP contribution is -2.24. The van der Waals surface area contributed by atoms with Crippen molar-refractivity contribution >= 4 is 27.5 Å². The number of fused-ring (bicyclic) bond motifs is 1. The maximum atomic E-state index is 11.5. The molecule has 0 aliphatic carbocycles. The molecule has 0 aliphatic heterocycles. The summed E-state index contributed by atoms with van der Waals surface area (Å²) in [5, 5.41) is 5.95. The van der Waals surface area contributed by atoms with Crippen LogP contribution in [0.2, 0.25) is 0 Å². The van der Waals surface area contributed by atoms with Crippen LogP contribution in [-0.4, -0.2) is 17.4 Å². The molecule has 0 radical (unpaired) electrons. The van der Waals surface area contributed by atoms with Gasteiger partial charge < -0.3 is 10.3 Å². The molecule has 0 fully saturated rings. The van der Waals surface area contributed by atoms with Crippen LogP contribution in [0.4, 0.5) is 0 Å². The average Bonchev–Trinajstić information content (AvgIpc) is 2.72. The highest BCUT2D eigenvalue weighted by molar-refractivity contribution is 7.16. The Kier molecular flexibility index (Phi) is 2.54. The number of H-pyrrole nitrogens is 1. The van der Waals surface area contributed by atoms with E-state index in [2.05, 4.69) is 10.3 Å². The Morgan fingerprint density at radius 1 is 1.64 bits per heavy atom. The van der Waals surface area contributed by atoms with Crippen molar-refractivity contribution in [2.24, 2.45) is 0 Å². The van der Waals surface area contributed by atoms with Crippen molar-refractivity contribution in [3.63, 3.8) is 0 Å². The third-order valence-electron chi connectivity index (χ3n) is 2.02. The van der Waals surface area contributed by atoms with Crippen LogP contribution in [0.3, 0.4) is 0 Å². The summed E-state index contributed by atoms with van der Waals surface area (Å²) in [4.78, 5) is 15.7. The SMILES string of the molecule is CCCNC(=O)c1cc2ccsc2[nH]1. The van der Waals surface area contributed by atoms with Gasteiger partial charge in [0.1, 0.15) is 10.5 Å². The van der Waals surface area contributed by atoms with Crippen molar-refractivity contribution < 1.29 is 4.79 Å². The molecule has 3 nitrogen and oxygen atoms in total. The maximum Gasteiger partial charge on any atom is 0.267 e. The summed E-state index contributed by atoms with van der Waals surface area (Å²) in [7, 11) is 0. The van der Waals surface area contributed by atoms with Gasteiger partial charge in [0.2, 0.25) is 0 Å². The Morgan fingerprint density at radius 3 is 3.21 bits per heavy atom. The minimum Gasteiger partial charge on any atom is -0.351 e. The van der Waals surface area contributed by atoms with Crippen molar-refractivity contribution in [3.8, 4) is 0 Å². The van der Waals surface area contributed by atoms with Gasteiger partial charge in [0.25, 0.3) is 5.91 Å². The number of carbonyl (C=O) groups is 1. The van der Waals surface area contributed by atoms with Crippen LogP contribution in [0, 0.1) is 0 Å². The molecule has 0 bridgehead atoms. The van der Waals surface area contributed by atoms with E-state index in [4.69, 9.17) is 0 Å². The van der Waals surface area contributed by atoms with Crippen LogP contribution < -0.4 is 5.32 Å². The van der Waals surface area contributed by atoms with Gasteiger partial charge in [-0.15, -0.1) is 11.3 Å². The molecule has 2 heterocycles. The van der Waals surface area contributed by atoms with Crippen LogP contribution in [0.25, 0.3) is 10.2 Å². The van der Waals surface area contributed by atoms with E-state index in [9.17, 15) is 4.79 Å². The van der Waals surface area contributed by atoms with Gasteiger partial charge in [-0.05, 0) is 23.9 Å². The van der Waals surface area contributed by atoms with E-state index < -0.39 is 0 Å². The van der Waals surface area contributed by atoms with Crippen LogP contribution >= 0.6 is 11.3 Å². The van der Waals surface area contributed by atoms with Gasteiger partial charge in [0, 0.05) is 11.9 Å². The number of hydrogen-bond donors (Lipinski definition) is 2. The van der Waals surface area contributed by atoms with Gasteiger partial charge in [-0.3, -0.25) is 4.79 Å². The minimum absolute atomic E-state index is 0.0183. The molecular formula is C10H12N2OS. The van der Waals surface area contributed by atoms with E-state index in [1.807, 2.05) is 24.4 Å². The van der Waals surface area contributed by atoms with Gasteiger partial charge in [0.15, 0.2) is 0 Å². The predicted molar refractivity (Wildman–Crippen MR) is 58.8 cm³/mol. The highest BCUT2D eigenvalue weighted by Gasteiger charge is 2.08. The lowest BCUT2D eigenvalue weighted by molar-refractivity contribution is 0.0949. The van der Waals surface area contributed by atoms with Crippen molar-refractivity contribution in [2.75, 3.05) is 6.54 Å². The molecule has 2 aromatic heterocycles. The molecule has 0 unspecified atom stereocenters. The summed E-state index contributed by atoms with van der Waals surface area (Å²) in [6.45, 7) is 2.76. The number of amides is 1. The first-order valence-electron chi connectivity index (χ1n) is 4.65. The quantitative estimate of drug-likeness (QED) is 0.799. The second-order valence-corrected chi connectivity index (χ2v) is 4.06. The fraction of sp³-hybridized carbons (Fsp3) is 0.300. The summed E-state index contributed by atoms with van der Waals surface area (Å²) >= 11 is 1.61. The summed E-state index contributed by atoms with van der Waals surface area (Å²) in [5.41, 5.74) is 0.653. The van der Waals surface area contributed by atoms with Gasteiger partial charge in [0.05, 0.1) is 0 Å². The Balaban J connectivity index is 2.18. The molecule has 2 rings (SSSR count). The first kappa shape index (κ1) is 9.27. The molecule has 0 atom stereocenters. The van der Waals surface area contributed by atoms with E-state index in [0.717, 1.165) is 23.2 Å². The zero-order valence-corrected chi connectivity index (χ0v) is 8.78. The number of aromatic amines is 1. The smallest absolute Gasteiger partial charge is 0.267 e. The largest absolute Gasteiger partial charge is 0.351 e. The topological polar surface area (TPSA) is 44.9 Å². The number of nitrogens with one attached hydrogen (secondary N) is 2. The van der Waals surface area contributed by atoms with E-state index in [1.165, 1.54) is 0 Å². The van der Waals surface area contributed by atoms with Crippen LogP contribution in [-0.2, 0) is 0 Å². The number of aromatic nitrogens is 1. The Bertz CT molecular complexity index is 415. The van der Waals surface area contributed by atoms with Crippen molar-refractivity contribution in [3.05, 3.63) is 23.2 Å². The Hall–Kier alpha value is -1.29. The average molecular weight is 208 g/mol. The fourth-order valence-corrected chi connectivity index (χ4v) is 2.09. The highest BCUT2D eigenvalue weighted by Crippen LogP contribution is 2.20. The van der Waals surface area contributed by atoms with Gasteiger partial charge in [-0.2, -0.15) is 0 Å². The van der Waals surface area contributed by atoms with Crippen molar-refractivity contribution in [1.82, 2.24) is 10.3 Å². The molecular weight excluding hydrogens is 196 g/mol. The lowest BCUT2D eigenvalue weighted by atomic mass is 10.3. The summed E-state index contributed by atoms with van der Waals surface area (Å²) in [6.07, 6.45) is 0.959. The molecule has 2 aromatic rings. The summed E-state index contributed by atoms with van der Waals surface area (Å²) in [6, 6.07) is 3.89. The Morgan fingerprint density at radius 2 is 2.50 bits per heavy atom. The number of hydrogen-bond acceptors (Lipinski definition) is 2. The zero-order valence-electron chi connectivity index (χ0n) is 7.96. The van der Waals surface area contributed by atoms with Crippen LogP contribution in [0.5, 0.6) is 0 Å². The molecule has 0 aromatic carbocycles. The third kappa shape index (κ3) is 1.65. The molecule has 0 aliphatic rings. The molecule has 2 N–H and O–H groups in total. The van der Waals surface area contributed by atoms with Gasteiger partial charge in [-0.1, -0.05) is 6.92 Å². The van der Waals surface area contributed by atoms with Crippen molar-refractivity contribution in [2.45, 2.75) is 13.3 Å². The first-order chi connectivity index (χ1) is 6.81. The molecule has 0 spiro atoms. The molecule has 0 saturated carbocycles. The van der Waals surface area contributed by atoms with E-state index >= 15 is 0 Å². The van der Waals surface area contributed by atoms with Crippen molar-refractivity contribution in [1.29, 1.82) is 0 Å². The molecule has 74 valence electrons. The second-order valence-electron chi connectivity index (χ2n) is 3.14. The minimum atomic E-state index is -0.0183. The van der Waals surface area contributed by atoms with Gasteiger partial charge in [-0.25, -0.2) is 0 Å². The molecule has 0 saturated heterocycles. The second kappa shape index (κ2) is 3.84. The van der Waals surface area contributed by atoms with E-state index in [1.54, 1.807) is 11.3 Å². The Labute approximate surface area is 86.1 Å². The lowest BCUT2D eigenvalue weighted by Gasteiger charge is -1.99. The standard InChI is InChI=1S/C10H12N2OS/c1-2-4-11-9(13)8-6-7-3-5-14-10(7)12-8/h3,5-6,12H,2,4H2,1H3,(H,11,13). The molecule has 14 heavy (non-hydrogen) atoms. The number of rotatable bonds is 3. The first-order valence-corrected chi connectivity index (χ1v) is 5.53. The molecule has 4 heteroatoms. The highest BCUT2D eigenvalue weighted by atomic mass is 32.1. The van der Waals surface area contributed by atoms with Crippen LogP contribution in [0.15, 0.2) is 17.5 Å². The fourth-order valence-electron chi connectivity index (χ4n) is 1.30. The van der Waals surface area contributed by atoms with Crippen LogP contribution in [0.1, 0.15) is 23.8 Å². The predicted octanol–water partition coefficient (Wildman–Crippen LogP) is 2.37. The maximum absolute atomic E-state index is 11.5. The normalized spacial score (nSPS) is 10.6.